The van der Waals surface area contributed by atoms with Crippen molar-refractivity contribution in [2.45, 2.75) is 56.3 Å². The van der Waals surface area contributed by atoms with Gasteiger partial charge in [-0.05, 0) is 47.4 Å². The van der Waals surface area contributed by atoms with Gasteiger partial charge in [-0.2, -0.15) is 4.39 Å². The van der Waals surface area contributed by atoms with Crippen LogP contribution >= 0.6 is 0 Å². The summed E-state index contributed by atoms with van der Waals surface area (Å²) < 4.78 is 29.7. The lowest BCUT2D eigenvalue weighted by Gasteiger charge is -2.27. The van der Waals surface area contributed by atoms with Crippen LogP contribution in [0.15, 0.2) is 72.8 Å². The number of rotatable bonds is 7. The Hall–Kier alpha value is -4.07. The lowest BCUT2D eigenvalue weighted by atomic mass is 9.97. The maximum Gasteiger partial charge on any atom is 0.243 e. The van der Waals surface area contributed by atoms with Crippen LogP contribution in [0.5, 0.6) is 0 Å². The number of benzene rings is 2. The van der Waals surface area contributed by atoms with E-state index in [0.717, 1.165) is 23.7 Å². The summed E-state index contributed by atoms with van der Waals surface area (Å²) >= 11 is 0. The van der Waals surface area contributed by atoms with E-state index in [1.54, 1.807) is 12.1 Å². The van der Waals surface area contributed by atoms with Gasteiger partial charge >= 0.3 is 0 Å². The molecule has 6 nitrogen and oxygen atoms in total. The van der Waals surface area contributed by atoms with Gasteiger partial charge in [0.15, 0.2) is 0 Å². The molecule has 200 valence electrons. The normalized spacial score (nSPS) is 20.6. The van der Waals surface area contributed by atoms with Crippen LogP contribution in [0, 0.1) is 5.95 Å². The highest BCUT2D eigenvalue weighted by Gasteiger charge is 2.43. The molecule has 2 aromatic heterocycles. The van der Waals surface area contributed by atoms with Crippen LogP contribution in [0.2, 0.25) is 0 Å². The zero-order valence-electron chi connectivity index (χ0n) is 21.7. The molecule has 39 heavy (non-hydrogen) atoms. The third-order valence-electron chi connectivity index (χ3n) is 8.04. The van der Waals surface area contributed by atoms with Gasteiger partial charge in [0.25, 0.3) is 0 Å². The number of nitrogens with zero attached hydrogens (tertiary/aromatic N) is 2. The second-order valence-corrected chi connectivity index (χ2v) is 10.9. The summed E-state index contributed by atoms with van der Waals surface area (Å²) in [6.07, 6.45) is 0.457. The molecule has 6 rings (SSSR count). The second kappa shape index (κ2) is 9.91. The number of alkyl halides is 1. The van der Waals surface area contributed by atoms with Gasteiger partial charge in [0, 0.05) is 23.2 Å². The molecular formula is C31H30F2N4O2. The summed E-state index contributed by atoms with van der Waals surface area (Å²) in [6, 6.07) is 20.5. The minimum Gasteiger partial charge on any atom is -0.358 e. The van der Waals surface area contributed by atoms with Gasteiger partial charge in [-0.25, -0.2) is 9.37 Å². The molecule has 2 amide bonds. The molecule has 0 unspecified atom stereocenters. The fraction of sp³-hybridized carbons (Fsp3) is 0.323. The fourth-order valence-electron chi connectivity index (χ4n) is 5.53. The molecule has 2 aliphatic rings. The maximum atomic E-state index is 15.1. The molecule has 0 radical (unpaired) electrons. The summed E-state index contributed by atoms with van der Waals surface area (Å²) in [4.78, 5) is 35.6. The number of hydrogen-bond acceptors (Lipinski definition) is 3. The van der Waals surface area contributed by atoms with Gasteiger partial charge in [0.2, 0.25) is 17.8 Å². The van der Waals surface area contributed by atoms with Crippen molar-refractivity contribution in [3.63, 3.8) is 0 Å². The van der Waals surface area contributed by atoms with Crippen molar-refractivity contribution < 1.29 is 18.4 Å². The number of fused-ring (bicyclic) bond motifs is 1. The van der Waals surface area contributed by atoms with Crippen LogP contribution < -0.4 is 5.32 Å². The number of likely N-dealkylation sites (tertiary alicyclic amines) is 1. The fourth-order valence-corrected chi connectivity index (χ4v) is 5.53. The first-order chi connectivity index (χ1) is 18.8. The number of nitrogens with one attached hydrogen (secondary N) is 2. The van der Waals surface area contributed by atoms with E-state index >= 15 is 4.39 Å². The predicted molar refractivity (Wildman–Crippen MR) is 144 cm³/mol. The molecule has 1 aliphatic carbocycles. The molecule has 3 atom stereocenters. The SMILES string of the molecule is CC1(c2ccc([C@@H](NC(=O)[C@@H]3C[C@@H](F)CN3C(=O)Cc3cc4ccccc4[nH]3)c3ccccc3)nc2F)CC1. The van der Waals surface area contributed by atoms with Crippen LogP contribution in [-0.2, 0) is 21.4 Å². The van der Waals surface area contributed by atoms with E-state index in [4.69, 9.17) is 0 Å². The van der Waals surface area contributed by atoms with Crippen molar-refractivity contribution in [2.75, 3.05) is 6.54 Å². The second-order valence-electron chi connectivity index (χ2n) is 10.9. The largest absolute Gasteiger partial charge is 0.358 e. The van der Waals surface area contributed by atoms with Gasteiger partial charge in [0.1, 0.15) is 12.2 Å². The Morgan fingerprint density at radius 2 is 1.85 bits per heavy atom. The zero-order chi connectivity index (χ0) is 27.1. The van der Waals surface area contributed by atoms with Gasteiger partial charge in [0.05, 0.1) is 24.7 Å². The molecule has 2 aromatic carbocycles. The number of para-hydroxylation sites is 1. The first-order valence-corrected chi connectivity index (χ1v) is 13.3. The Kier molecular flexibility index (Phi) is 6.41. The van der Waals surface area contributed by atoms with Crippen molar-refractivity contribution in [1.82, 2.24) is 20.2 Å². The third kappa shape index (κ3) is 5.03. The summed E-state index contributed by atoms with van der Waals surface area (Å²) in [7, 11) is 0. The Labute approximate surface area is 225 Å². The third-order valence-corrected chi connectivity index (χ3v) is 8.04. The number of carbonyl (C=O) groups excluding carboxylic acids is 2. The summed E-state index contributed by atoms with van der Waals surface area (Å²) in [5.74, 6) is -1.36. The zero-order valence-corrected chi connectivity index (χ0v) is 21.7. The number of aromatic nitrogens is 2. The van der Waals surface area contributed by atoms with Crippen molar-refractivity contribution >= 4 is 22.7 Å². The average molecular weight is 529 g/mol. The molecule has 0 spiro atoms. The predicted octanol–water partition coefficient (Wildman–Crippen LogP) is 5.14. The standard InChI is InChI=1S/C31H30F2N4O2/c1-31(13-14-31)23-11-12-25(35-29(23)33)28(19-7-3-2-4-8-19)36-30(39)26-16-21(32)18-37(26)27(38)17-22-15-20-9-5-6-10-24(20)34-22/h2-12,15,21,26,28,34H,13-14,16-18H2,1H3,(H,36,39)/t21-,26+,28+/m1/s1. The van der Waals surface area contributed by atoms with Gasteiger partial charge in [-0.1, -0.05) is 61.5 Å². The smallest absolute Gasteiger partial charge is 0.243 e. The lowest BCUT2D eigenvalue weighted by Crippen LogP contribution is -2.47. The number of pyridine rings is 1. The van der Waals surface area contributed by atoms with Gasteiger partial charge in [-0.15, -0.1) is 0 Å². The van der Waals surface area contributed by atoms with Crippen molar-refractivity contribution in [3.8, 4) is 0 Å². The highest BCUT2D eigenvalue weighted by atomic mass is 19.1. The maximum absolute atomic E-state index is 15.1. The Bertz CT molecular complexity index is 1500. The van der Waals surface area contributed by atoms with Gasteiger partial charge < -0.3 is 15.2 Å². The first kappa shape index (κ1) is 25.2. The Morgan fingerprint density at radius 3 is 2.56 bits per heavy atom. The number of halogens is 2. The number of aromatic amines is 1. The molecule has 3 heterocycles. The average Bonchev–Trinajstić information content (AvgIpc) is 3.35. The summed E-state index contributed by atoms with van der Waals surface area (Å²) in [5.41, 5.74) is 3.07. The van der Waals surface area contributed by atoms with Crippen LogP contribution in [-0.4, -0.2) is 45.4 Å². The van der Waals surface area contributed by atoms with Crippen LogP contribution in [0.25, 0.3) is 10.9 Å². The summed E-state index contributed by atoms with van der Waals surface area (Å²) in [5, 5.41) is 3.93. The van der Waals surface area contributed by atoms with Crippen LogP contribution in [0.4, 0.5) is 8.78 Å². The van der Waals surface area contributed by atoms with Crippen molar-refractivity contribution in [2.24, 2.45) is 0 Å². The van der Waals surface area contributed by atoms with E-state index in [1.807, 2.05) is 67.6 Å². The number of carbonyl (C=O) groups is 2. The molecule has 1 aliphatic heterocycles. The molecule has 4 aromatic rings. The highest BCUT2D eigenvalue weighted by molar-refractivity contribution is 5.90. The van der Waals surface area contributed by atoms with Gasteiger partial charge in [-0.3, -0.25) is 9.59 Å². The van der Waals surface area contributed by atoms with E-state index in [1.165, 1.54) is 4.90 Å². The molecule has 2 N–H and O–H groups in total. The summed E-state index contributed by atoms with van der Waals surface area (Å²) in [6.45, 7) is 1.87. The van der Waals surface area contributed by atoms with Crippen molar-refractivity contribution in [3.05, 3.63) is 101 Å². The topological polar surface area (TPSA) is 78.1 Å². The highest BCUT2D eigenvalue weighted by Crippen LogP contribution is 2.48. The monoisotopic (exact) mass is 528 g/mol. The number of hydrogen-bond donors (Lipinski definition) is 2. The van der Waals surface area contributed by atoms with E-state index < -0.39 is 30.1 Å². The lowest BCUT2D eigenvalue weighted by molar-refractivity contribution is -0.138. The van der Waals surface area contributed by atoms with Crippen LogP contribution in [0.1, 0.15) is 54.7 Å². The Balaban J connectivity index is 1.24. The minimum atomic E-state index is -1.31. The molecule has 1 saturated heterocycles. The quantitative estimate of drug-likeness (QED) is 0.326. The van der Waals surface area contributed by atoms with E-state index in [2.05, 4.69) is 15.3 Å². The molecule has 2 fully saturated rings. The van der Waals surface area contributed by atoms with E-state index in [9.17, 15) is 14.0 Å². The first-order valence-electron chi connectivity index (χ1n) is 13.3. The Morgan fingerprint density at radius 1 is 1.10 bits per heavy atom. The molecule has 1 saturated carbocycles. The molecule has 8 heteroatoms. The van der Waals surface area contributed by atoms with E-state index in [0.29, 0.717) is 22.5 Å². The minimum absolute atomic E-state index is 0.0281. The van der Waals surface area contributed by atoms with Crippen LogP contribution in [0.3, 0.4) is 0 Å². The number of H-pyrrole nitrogens is 1. The molecular weight excluding hydrogens is 498 g/mol. The number of amides is 2. The van der Waals surface area contributed by atoms with Crippen molar-refractivity contribution in [1.29, 1.82) is 0 Å². The molecule has 0 bridgehead atoms. The van der Waals surface area contributed by atoms with E-state index in [-0.39, 0.29) is 30.7 Å².